The fraction of sp³-hybridized carbons (Fsp3) is 0.375. The first-order valence-corrected chi connectivity index (χ1v) is 4.74. The lowest BCUT2D eigenvalue weighted by atomic mass is 10.2. The minimum Gasteiger partial charge on any atom is -0.323 e. The highest BCUT2D eigenvalue weighted by molar-refractivity contribution is 7.17. The lowest BCUT2D eigenvalue weighted by Gasteiger charge is -1.97. The number of thiophene rings is 1. The summed E-state index contributed by atoms with van der Waals surface area (Å²) in [6.45, 7) is 1.96. The minimum absolute atomic E-state index is 0.0207. The summed E-state index contributed by atoms with van der Waals surface area (Å²) in [5.41, 5.74) is 7.96. The second-order valence-electron chi connectivity index (χ2n) is 2.93. The van der Waals surface area contributed by atoms with Crippen molar-refractivity contribution >= 4 is 21.6 Å². The van der Waals surface area contributed by atoms with Crippen molar-refractivity contribution in [3.8, 4) is 0 Å². The normalized spacial score (nSPS) is 13.9. The number of aromatic nitrogens is 2. The molecule has 0 aromatic carbocycles. The second kappa shape index (κ2) is 2.57. The molecule has 4 heteroatoms. The first-order valence-electron chi connectivity index (χ1n) is 3.86. The highest BCUT2D eigenvalue weighted by Gasteiger charge is 2.12. The molecule has 0 amide bonds. The second-order valence-corrected chi connectivity index (χ2v) is 3.85. The smallest absolute Gasteiger partial charge is 0.0967 e. The lowest BCUT2D eigenvalue weighted by Crippen LogP contribution is -2.06. The Bertz CT molecular complexity index is 399. The molecule has 3 nitrogen and oxygen atoms in total. The molecule has 12 heavy (non-hydrogen) atoms. The van der Waals surface area contributed by atoms with Crippen LogP contribution in [0.5, 0.6) is 0 Å². The molecule has 2 N–H and O–H groups in total. The third-order valence-corrected chi connectivity index (χ3v) is 2.84. The van der Waals surface area contributed by atoms with Crippen molar-refractivity contribution < 1.29 is 0 Å². The zero-order valence-electron chi connectivity index (χ0n) is 7.11. The molecule has 64 valence electrons. The van der Waals surface area contributed by atoms with E-state index in [4.69, 9.17) is 5.73 Å². The Morgan fingerprint density at radius 2 is 2.42 bits per heavy atom. The predicted molar refractivity (Wildman–Crippen MR) is 51.2 cm³/mol. The van der Waals surface area contributed by atoms with Gasteiger partial charge >= 0.3 is 0 Å². The number of fused-ring (bicyclic) bond motifs is 1. The van der Waals surface area contributed by atoms with Crippen LogP contribution in [0.15, 0.2) is 11.4 Å². The fourth-order valence-corrected chi connectivity index (χ4v) is 2.31. The molecule has 0 aliphatic carbocycles. The molecule has 2 aromatic heterocycles. The predicted octanol–water partition coefficient (Wildman–Crippen LogP) is 1.65. The van der Waals surface area contributed by atoms with Crippen molar-refractivity contribution in [2.45, 2.75) is 13.0 Å². The third-order valence-electron chi connectivity index (χ3n) is 1.91. The van der Waals surface area contributed by atoms with Gasteiger partial charge in [0, 0.05) is 13.1 Å². The van der Waals surface area contributed by atoms with E-state index in [1.54, 1.807) is 11.3 Å². The lowest BCUT2D eigenvalue weighted by molar-refractivity contribution is 0.712. The van der Waals surface area contributed by atoms with Gasteiger partial charge in [0.15, 0.2) is 0 Å². The summed E-state index contributed by atoms with van der Waals surface area (Å²) in [6, 6.07) is 2.09. The summed E-state index contributed by atoms with van der Waals surface area (Å²) in [5.74, 6) is 0. The van der Waals surface area contributed by atoms with Crippen LogP contribution in [0, 0.1) is 0 Å². The van der Waals surface area contributed by atoms with Crippen molar-refractivity contribution in [2.75, 3.05) is 0 Å². The fourth-order valence-electron chi connectivity index (χ4n) is 1.31. The first kappa shape index (κ1) is 7.76. The van der Waals surface area contributed by atoms with Crippen molar-refractivity contribution in [3.63, 3.8) is 0 Å². The highest BCUT2D eigenvalue weighted by atomic mass is 32.1. The van der Waals surface area contributed by atoms with Gasteiger partial charge in [0.1, 0.15) is 0 Å². The summed E-state index contributed by atoms with van der Waals surface area (Å²) in [5, 5.41) is 6.42. The van der Waals surface area contributed by atoms with Gasteiger partial charge in [-0.05, 0) is 18.4 Å². The molecule has 2 rings (SSSR count). The highest BCUT2D eigenvalue weighted by Crippen LogP contribution is 2.26. The summed E-state index contributed by atoms with van der Waals surface area (Å²) < 4.78 is 3.09. The Morgan fingerprint density at radius 3 is 3.08 bits per heavy atom. The van der Waals surface area contributed by atoms with Crippen molar-refractivity contribution in [1.29, 1.82) is 0 Å². The number of hydrogen-bond donors (Lipinski definition) is 1. The van der Waals surface area contributed by atoms with Gasteiger partial charge in [0.25, 0.3) is 0 Å². The van der Waals surface area contributed by atoms with E-state index in [2.05, 4.69) is 16.5 Å². The number of aryl methyl sites for hydroxylation is 1. The summed E-state index contributed by atoms with van der Waals surface area (Å²) in [7, 11) is 1.95. The number of nitrogens with zero attached hydrogens (tertiary/aromatic N) is 2. The van der Waals surface area contributed by atoms with Crippen LogP contribution in [0.25, 0.3) is 10.2 Å². The molecule has 0 fully saturated rings. The zero-order valence-corrected chi connectivity index (χ0v) is 7.93. The summed E-state index contributed by atoms with van der Waals surface area (Å²) >= 11 is 1.70. The first-order chi connectivity index (χ1) is 5.70. The van der Waals surface area contributed by atoms with Crippen LogP contribution in [0.3, 0.4) is 0 Å². The van der Waals surface area contributed by atoms with E-state index in [1.807, 2.05) is 18.7 Å². The molecule has 0 aliphatic heterocycles. The maximum Gasteiger partial charge on any atom is 0.0967 e. The van der Waals surface area contributed by atoms with E-state index in [1.165, 1.54) is 10.2 Å². The zero-order chi connectivity index (χ0) is 8.72. The molecule has 2 aromatic rings. The number of nitrogens with two attached hydrogens (primary N) is 1. The molecule has 0 saturated carbocycles. The van der Waals surface area contributed by atoms with Gasteiger partial charge in [-0.2, -0.15) is 5.10 Å². The van der Waals surface area contributed by atoms with Gasteiger partial charge < -0.3 is 5.73 Å². The maximum absolute atomic E-state index is 5.78. The Kier molecular flexibility index (Phi) is 1.66. The van der Waals surface area contributed by atoms with Gasteiger partial charge in [-0.15, -0.1) is 11.3 Å². The van der Waals surface area contributed by atoms with Crippen molar-refractivity contribution in [1.82, 2.24) is 9.78 Å². The van der Waals surface area contributed by atoms with Gasteiger partial charge in [-0.1, -0.05) is 0 Å². The molecule has 0 spiro atoms. The van der Waals surface area contributed by atoms with Crippen molar-refractivity contribution in [3.05, 3.63) is 17.1 Å². The Labute approximate surface area is 74.8 Å². The molecule has 1 atom stereocenters. The van der Waals surface area contributed by atoms with E-state index in [0.717, 1.165) is 5.69 Å². The quantitative estimate of drug-likeness (QED) is 0.727. The van der Waals surface area contributed by atoms with Gasteiger partial charge in [0.05, 0.1) is 15.9 Å². The van der Waals surface area contributed by atoms with E-state index >= 15 is 0 Å². The Morgan fingerprint density at radius 1 is 1.67 bits per heavy atom. The molecule has 2 heterocycles. The topological polar surface area (TPSA) is 43.8 Å². The van der Waals surface area contributed by atoms with Crippen LogP contribution in [0.1, 0.15) is 18.7 Å². The third kappa shape index (κ3) is 0.956. The van der Waals surface area contributed by atoms with Gasteiger partial charge in [-0.25, -0.2) is 0 Å². The molecule has 0 aliphatic rings. The molecule has 0 saturated heterocycles. The molecule has 0 radical (unpaired) electrons. The van der Waals surface area contributed by atoms with Gasteiger partial charge in [-0.3, -0.25) is 4.68 Å². The van der Waals surface area contributed by atoms with E-state index in [0.29, 0.717) is 0 Å². The van der Waals surface area contributed by atoms with Crippen LogP contribution < -0.4 is 5.73 Å². The van der Waals surface area contributed by atoms with Crippen LogP contribution in [-0.2, 0) is 7.05 Å². The largest absolute Gasteiger partial charge is 0.323 e. The van der Waals surface area contributed by atoms with Crippen molar-refractivity contribution in [2.24, 2.45) is 12.8 Å². The molecular formula is C8H11N3S. The maximum atomic E-state index is 5.78. The SMILES string of the molecule is C[C@H](N)c1nn(C)c2ccsc12. The Balaban J connectivity index is 2.75. The van der Waals surface area contributed by atoms with Crippen LogP contribution >= 0.6 is 11.3 Å². The van der Waals surface area contributed by atoms with Crippen LogP contribution in [0.4, 0.5) is 0 Å². The average molecular weight is 181 g/mol. The summed E-state index contributed by atoms with van der Waals surface area (Å²) in [6.07, 6.45) is 0. The van der Waals surface area contributed by atoms with E-state index in [-0.39, 0.29) is 6.04 Å². The average Bonchev–Trinajstić information content (AvgIpc) is 2.53. The van der Waals surface area contributed by atoms with E-state index < -0.39 is 0 Å². The minimum atomic E-state index is 0.0207. The Hall–Kier alpha value is -0.870. The van der Waals surface area contributed by atoms with Crippen LogP contribution in [-0.4, -0.2) is 9.78 Å². The summed E-state index contributed by atoms with van der Waals surface area (Å²) in [4.78, 5) is 0. The molecule has 0 unspecified atom stereocenters. The standard InChI is InChI=1S/C8H11N3S/c1-5(9)7-8-6(3-4-12-8)11(2)10-7/h3-5H,9H2,1-2H3/t5-/m0/s1. The number of rotatable bonds is 1. The molecule has 0 bridgehead atoms. The number of hydrogen-bond acceptors (Lipinski definition) is 3. The van der Waals surface area contributed by atoms with Crippen LogP contribution in [0.2, 0.25) is 0 Å². The van der Waals surface area contributed by atoms with E-state index in [9.17, 15) is 0 Å². The molecular weight excluding hydrogens is 170 g/mol. The monoisotopic (exact) mass is 181 g/mol. The van der Waals surface area contributed by atoms with Gasteiger partial charge in [0.2, 0.25) is 0 Å².